The summed E-state index contributed by atoms with van der Waals surface area (Å²) in [5.74, 6) is -1.57. The predicted octanol–water partition coefficient (Wildman–Crippen LogP) is 1.68. The van der Waals surface area contributed by atoms with E-state index >= 15 is 0 Å². The van der Waals surface area contributed by atoms with Gasteiger partial charge in [0.05, 0.1) is 17.6 Å². The molecule has 0 aromatic heterocycles. The van der Waals surface area contributed by atoms with Crippen LogP contribution in [0.1, 0.15) is 6.92 Å². The van der Waals surface area contributed by atoms with Gasteiger partial charge in [0.1, 0.15) is 5.82 Å². The second-order valence-corrected chi connectivity index (χ2v) is 2.96. The molecule has 1 rings (SSSR count). The third-order valence-electron chi connectivity index (χ3n) is 1.77. The molecule has 0 aliphatic carbocycles. The topological polar surface area (TPSA) is 78.7 Å². The van der Waals surface area contributed by atoms with E-state index in [1.165, 1.54) is 0 Å². The summed E-state index contributed by atoms with van der Waals surface area (Å²) in [7, 11) is 0. The van der Waals surface area contributed by atoms with E-state index in [4.69, 9.17) is 4.74 Å². The number of benzene rings is 1. The number of ether oxygens (including phenoxy) is 2. The molecule has 6 nitrogen and oxygen atoms in total. The lowest BCUT2D eigenvalue weighted by Crippen LogP contribution is -2.15. The van der Waals surface area contributed by atoms with E-state index in [2.05, 4.69) is 4.74 Å². The summed E-state index contributed by atoms with van der Waals surface area (Å²) in [6.45, 7) is 1.35. The van der Waals surface area contributed by atoms with Crippen LogP contribution in [0.15, 0.2) is 18.2 Å². The minimum absolute atomic E-state index is 0.176. The second-order valence-electron chi connectivity index (χ2n) is 2.96. The molecule has 7 heteroatoms. The van der Waals surface area contributed by atoms with Crippen LogP contribution in [0.2, 0.25) is 0 Å². The smallest absolute Gasteiger partial charge is 0.344 e. The van der Waals surface area contributed by atoms with Crippen LogP contribution in [-0.4, -0.2) is 24.1 Å². The number of hydrogen-bond acceptors (Lipinski definition) is 5. The molecule has 1 aromatic rings. The molecule has 0 heterocycles. The summed E-state index contributed by atoms with van der Waals surface area (Å²) < 4.78 is 22.2. The first kappa shape index (κ1) is 12.9. The highest BCUT2D eigenvalue weighted by Crippen LogP contribution is 2.27. The average Bonchev–Trinajstić information content (AvgIpc) is 2.27. The molecule has 0 amide bonds. The number of carbonyl (C=O) groups is 1. The fraction of sp³-hybridized carbons (Fsp3) is 0.300. The lowest BCUT2D eigenvalue weighted by molar-refractivity contribution is -0.386. The Balaban J connectivity index is 2.77. The Labute approximate surface area is 96.1 Å². The van der Waals surface area contributed by atoms with Crippen LogP contribution >= 0.6 is 0 Å². The van der Waals surface area contributed by atoms with Gasteiger partial charge in [0.15, 0.2) is 12.4 Å². The molecular weight excluding hydrogens is 233 g/mol. The zero-order valence-corrected chi connectivity index (χ0v) is 9.01. The first-order valence-corrected chi connectivity index (χ1v) is 4.77. The normalized spacial score (nSPS) is 9.76. The highest BCUT2D eigenvalue weighted by molar-refractivity contribution is 5.71. The number of carbonyl (C=O) groups excluding carboxylic acids is 1. The van der Waals surface area contributed by atoms with Crippen molar-refractivity contribution in [2.24, 2.45) is 0 Å². The van der Waals surface area contributed by atoms with Crippen molar-refractivity contribution in [1.82, 2.24) is 0 Å². The number of hydrogen-bond donors (Lipinski definition) is 0. The maximum Gasteiger partial charge on any atom is 0.344 e. The van der Waals surface area contributed by atoms with Crippen LogP contribution in [0, 0.1) is 15.9 Å². The maximum atomic E-state index is 12.8. The number of esters is 1. The molecule has 0 N–H and O–H groups in total. The molecule has 0 saturated heterocycles. The highest BCUT2D eigenvalue weighted by atomic mass is 19.1. The van der Waals surface area contributed by atoms with Crippen molar-refractivity contribution < 1.29 is 23.6 Å². The molecule has 17 heavy (non-hydrogen) atoms. The van der Waals surface area contributed by atoms with E-state index in [0.29, 0.717) is 0 Å². The van der Waals surface area contributed by atoms with Crippen LogP contribution in [0.4, 0.5) is 10.1 Å². The summed E-state index contributed by atoms with van der Waals surface area (Å²) in [6, 6.07) is 2.82. The summed E-state index contributed by atoms with van der Waals surface area (Å²) in [5.41, 5.74) is -0.533. The zero-order chi connectivity index (χ0) is 12.8. The van der Waals surface area contributed by atoms with E-state index in [0.717, 1.165) is 18.2 Å². The van der Waals surface area contributed by atoms with Crippen molar-refractivity contribution in [3.8, 4) is 5.75 Å². The van der Waals surface area contributed by atoms with E-state index in [-0.39, 0.29) is 12.4 Å². The Kier molecular flexibility index (Phi) is 4.38. The fourth-order valence-electron chi connectivity index (χ4n) is 1.09. The molecule has 0 aliphatic heterocycles. The van der Waals surface area contributed by atoms with E-state index < -0.39 is 29.0 Å². The van der Waals surface area contributed by atoms with Gasteiger partial charge >= 0.3 is 11.7 Å². The van der Waals surface area contributed by atoms with Crippen LogP contribution in [0.3, 0.4) is 0 Å². The molecule has 0 aliphatic rings. The molecule has 0 spiro atoms. The number of nitro groups is 1. The molecule has 1 aromatic carbocycles. The van der Waals surface area contributed by atoms with Crippen LogP contribution in [-0.2, 0) is 9.53 Å². The van der Waals surface area contributed by atoms with Crippen molar-refractivity contribution >= 4 is 11.7 Å². The SMILES string of the molecule is CCOC(=O)COc1ccc(F)cc1[N+](=O)[O-]. The molecule has 0 fully saturated rings. The number of halogens is 1. The Morgan fingerprint density at radius 3 is 2.82 bits per heavy atom. The van der Waals surface area contributed by atoms with E-state index in [9.17, 15) is 19.3 Å². The standard InChI is InChI=1S/C10H10FNO5/c1-2-16-10(13)6-17-9-4-3-7(11)5-8(9)12(14)15/h3-5H,2,6H2,1H3. The first-order valence-electron chi connectivity index (χ1n) is 4.77. The summed E-state index contributed by atoms with van der Waals surface area (Å²) in [5, 5.41) is 10.6. The fourth-order valence-corrected chi connectivity index (χ4v) is 1.09. The van der Waals surface area contributed by atoms with Gasteiger partial charge in [-0.15, -0.1) is 0 Å². The maximum absolute atomic E-state index is 12.8. The van der Waals surface area contributed by atoms with Crippen molar-refractivity contribution in [2.45, 2.75) is 6.92 Å². The third kappa shape index (κ3) is 3.71. The van der Waals surface area contributed by atoms with Gasteiger partial charge in [0.25, 0.3) is 0 Å². The zero-order valence-electron chi connectivity index (χ0n) is 9.01. The number of nitro benzene ring substituents is 1. The minimum atomic E-state index is -0.788. The largest absolute Gasteiger partial charge is 0.475 e. The van der Waals surface area contributed by atoms with Crippen LogP contribution < -0.4 is 4.74 Å². The summed E-state index contributed by atoms with van der Waals surface area (Å²) in [4.78, 5) is 20.8. The summed E-state index contributed by atoms with van der Waals surface area (Å²) >= 11 is 0. The van der Waals surface area contributed by atoms with E-state index in [1.807, 2.05) is 0 Å². The Bertz CT molecular complexity index is 435. The van der Waals surface area contributed by atoms with Crippen molar-refractivity contribution in [2.75, 3.05) is 13.2 Å². The lowest BCUT2D eigenvalue weighted by Gasteiger charge is -2.06. The van der Waals surface area contributed by atoms with Gasteiger partial charge in [0.2, 0.25) is 0 Å². The van der Waals surface area contributed by atoms with Gasteiger partial charge in [-0.05, 0) is 19.1 Å². The molecular formula is C10H10FNO5. The Morgan fingerprint density at radius 1 is 1.53 bits per heavy atom. The monoisotopic (exact) mass is 243 g/mol. The quantitative estimate of drug-likeness (QED) is 0.446. The minimum Gasteiger partial charge on any atom is -0.475 e. The Morgan fingerprint density at radius 2 is 2.24 bits per heavy atom. The van der Waals surface area contributed by atoms with Gasteiger partial charge in [-0.25, -0.2) is 9.18 Å². The van der Waals surface area contributed by atoms with Crippen LogP contribution in [0.5, 0.6) is 5.75 Å². The van der Waals surface area contributed by atoms with Crippen LogP contribution in [0.25, 0.3) is 0 Å². The first-order chi connectivity index (χ1) is 8.04. The van der Waals surface area contributed by atoms with Gasteiger partial charge in [-0.1, -0.05) is 0 Å². The number of rotatable bonds is 5. The number of nitrogens with zero attached hydrogens (tertiary/aromatic N) is 1. The van der Waals surface area contributed by atoms with Gasteiger partial charge in [-0.2, -0.15) is 0 Å². The third-order valence-corrected chi connectivity index (χ3v) is 1.77. The van der Waals surface area contributed by atoms with Crippen molar-refractivity contribution in [3.63, 3.8) is 0 Å². The van der Waals surface area contributed by atoms with Gasteiger partial charge in [0, 0.05) is 0 Å². The molecule has 0 bridgehead atoms. The molecule has 92 valence electrons. The van der Waals surface area contributed by atoms with Gasteiger partial charge < -0.3 is 9.47 Å². The Hall–Kier alpha value is -2.18. The second kappa shape index (κ2) is 5.78. The summed E-state index contributed by atoms with van der Waals surface area (Å²) in [6.07, 6.45) is 0. The average molecular weight is 243 g/mol. The molecule has 0 radical (unpaired) electrons. The molecule has 0 unspecified atom stereocenters. The predicted molar refractivity (Wildman–Crippen MR) is 55.2 cm³/mol. The molecule has 0 atom stereocenters. The van der Waals surface area contributed by atoms with Gasteiger partial charge in [-0.3, -0.25) is 10.1 Å². The highest BCUT2D eigenvalue weighted by Gasteiger charge is 2.17. The lowest BCUT2D eigenvalue weighted by atomic mass is 10.3. The molecule has 0 saturated carbocycles. The van der Waals surface area contributed by atoms with Crippen molar-refractivity contribution in [1.29, 1.82) is 0 Å². The van der Waals surface area contributed by atoms with E-state index in [1.54, 1.807) is 6.92 Å². The van der Waals surface area contributed by atoms with Crippen molar-refractivity contribution in [3.05, 3.63) is 34.1 Å².